The number of para-hydroxylation sites is 2. The molecule has 10 nitrogen and oxygen atoms in total. The van der Waals surface area contributed by atoms with Crippen molar-refractivity contribution < 1.29 is 34.1 Å². The zero-order valence-electron chi connectivity index (χ0n) is 26.3. The van der Waals surface area contributed by atoms with E-state index in [9.17, 15) is 24.6 Å². The number of aromatic carboxylic acids is 1. The fourth-order valence-electron chi connectivity index (χ4n) is 5.29. The third-order valence-corrected chi connectivity index (χ3v) is 9.15. The highest BCUT2D eigenvalue weighted by Crippen LogP contribution is 2.40. The Balaban J connectivity index is 1.16. The van der Waals surface area contributed by atoms with Crippen molar-refractivity contribution in [1.29, 1.82) is 0 Å². The third kappa shape index (κ3) is 9.68. The van der Waals surface area contributed by atoms with E-state index in [0.29, 0.717) is 41.4 Å². The number of anilines is 2. The molecule has 1 heterocycles. The van der Waals surface area contributed by atoms with Crippen molar-refractivity contribution in [3.05, 3.63) is 125 Å². The lowest BCUT2D eigenvalue weighted by molar-refractivity contribution is -0.245. The van der Waals surface area contributed by atoms with Crippen molar-refractivity contribution in [1.82, 2.24) is 5.32 Å². The Bertz CT molecular complexity index is 1700. The van der Waals surface area contributed by atoms with E-state index >= 15 is 0 Å². The molecule has 4 aromatic carbocycles. The second-order valence-corrected chi connectivity index (χ2v) is 12.5. The van der Waals surface area contributed by atoms with Crippen LogP contribution in [0, 0.1) is 0 Å². The molecule has 1 aliphatic heterocycles. The van der Waals surface area contributed by atoms with Crippen LogP contribution in [0.15, 0.2) is 102 Å². The largest absolute Gasteiger partial charge is 0.478 e. The zero-order valence-corrected chi connectivity index (χ0v) is 27.2. The molecule has 6 N–H and O–H groups in total. The van der Waals surface area contributed by atoms with Crippen molar-refractivity contribution in [2.24, 2.45) is 0 Å². The van der Waals surface area contributed by atoms with Gasteiger partial charge in [-0.15, -0.1) is 11.8 Å². The Morgan fingerprint density at radius 1 is 0.812 bits per heavy atom. The van der Waals surface area contributed by atoms with Crippen LogP contribution in [0.5, 0.6) is 0 Å². The maximum atomic E-state index is 12.4. The number of nitrogens with two attached hydrogens (primary N) is 1. The molecule has 3 atom stereocenters. The molecule has 1 saturated heterocycles. The SMILES string of the molecule is Nc1ccccc1NC(=O)CCCC(=O)NCc1ccc([C@H]2O[C@@H](CSc3ccccc3C(=O)O)C[C@@H](c3ccc(CO)cc3)O2)cc1. The van der Waals surface area contributed by atoms with Crippen molar-refractivity contribution in [2.45, 2.75) is 62.2 Å². The minimum Gasteiger partial charge on any atom is -0.478 e. The van der Waals surface area contributed by atoms with Crippen LogP contribution in [0.25, 0.3) is 0 Å². The summed E-state index contributed by atoms with van der Waals surface area (Å²) in [6.45, 7) is 0.286. The topological polar surface area (TPSA) is 160 Å². The quantitative estimate of drug-likeness (QED) is 0.0776. The molecule has 0 bridgehead atoms. The van der Waals surface area contributed by atoms with Gasteiger partial charge in [0.1, 0.15) is 0 Å². The normalized spacial score (nSPS) is 17.4. The first-order valence-electron chi connectivity index (χ1n) is 15.7. The van der Waals surface area contributed by atoms with E-state index in [1.54, 1.807) is 42.5 Å². The van der Waals surface area contributed by atoms with E-state index in [2.05, 4.69) is 10.6 Å². The number of amides is 2. The molecule has 4 aromatic rings. The maximum Gasteiger partial charge on any atom is 0.336 e. The third-order valence-electron chi connectivity index (χ3n) is 7.94. The molecule has 0 saturated carbocycles. The first kappa shape index (κ1) is 34.6. The molecule has 0 aromatic heterocycles. The molecule has 48 heavy (non-hydrogen) atoms. The van der Waals surface area contributed by atoms with E-state index in [-0.39, 0.29) is 49.0 Å². The fraction of sp³-hybridized carbons (Fsp3) is 0.270. The van der Waals surface area contributed by atoms with Gasteiger partial charge in [0.15, 0.2) is 6.29 Å². The number of carbonyl (C=O) groups is 3. The monoisotopic (exact) mass is 669 g/mol. The number of thioether (sulfide) groups is 1. The van der Waals surface area contributed by atoms with Gasteiger partial charge in [-0.1, -0.05) is 72.8 Å². The number of nitrogens with one attached hydrogen (secondary N) is 2. The van der Waals surface area contributed by atoms with Crippen LogP contribution in [-0.4, -0.2) is 39.9 Å². The minimum atomic E-state index is -0.973. The molecular weight excluding hydrogens is 630 g/mol. The van der Waals surface area contributed by atoms with E-state index in [4.69, 9.17) is 15.2 Å². The molecule has 1 aliphatic rings. The highest BCUT2D eigenvalue weighted by atomic mass is 32.2. The number of carboxylic acids is 1. The van der Waals surface area contributed by atoms with E-state index in [1.807, 2.05) is 54.6 Å². The molecule has 0 radical (unpaired) electrons. The molecule has 2 amide bonds. The van der Waals surface area contributed by atoms with Crippen LogP contribution < -0.4 is 16.4 Å². The molecular formula is C37H39N3O7S. The molecule has 0 aliphatic carbocycles. The van der Waals surface area contributed by atoms with Crippen LogP contribution in [0.2, 0.25) is 0 Å². The number of carboxylic acid groups (broad SMARTS) is 1. The number of ether oxygens (including phenoxy) is 2. The summed E-state index contributed by atoms with van der Waals surface area (Å²) in [5.41, 5.74) is 10.6. The van der Waals surface area contributed by atoms with Crippen LogP contribution >= 0.6 is 11.8 Å². The number of rotatable bonds is 14. The summed E-state index contributed by atoms with van der Waals surface area (Å²) in [6, 6.07) is 29.2. The highest BCUT2D eigenvalue weighted by molar-refractivity contribution is 7.99. The smallest absolute Gasteiger partial charge is 0.336 e. The molecule has 1 fully saturated rings. The number of carbonyl (C=O) groups excluding carboxylic acids is 2. The number of hydrogen-bond acceptors (Lipinski definition) is 8. The molecule has 0 unspecified atom stereocenters. The Hall–Kier alpha value is -4.68. The van der Waals surface area contributed by atoms with E-state index in [1.165, 1.54) is 11.8 Å². The summed E-state index contributed by atoms with van der Waals surface area (Å²) in [5, 5.41) is 24.8. The van der Waals surface area contributed by atoms with Gasteiger partial charge in [-0.05, 0) is 47.4 Å². The van der Waals surface area contributed by atoms with Gasteiger partial charge in [0, 0.05) is 42.0 Å². The van der Waals surface area contributed by atoms with Gasteiger partial charge < -0.3 is 36.1 Å². The van der Waals surface area contributed by atoms with Gasteiger partial charge in [-0.2, -0.15) is 0 Å². The summed E-state index contributed by atoms with van der Waals surface area (Å²) >= 11 is 1.44. The second kappa shape index (κ2) is 16.9. The number of aliphatic hydroxyl groups is 1. The van der Waals surface area contributed by atoms with Crippen LogP contribution in [0.4, 0.5) is 11.4 Å². The summed E-state index contributed by atoms with van der Waals surface area (Å²) in [5.74, 6) is -0.788. The number of nitrogen functional groups attached to an aromatic ring is 1. The Kier molecular flexibility index (Phi) is 12.2. The Morgan fingerprint density at radius 2 is 1.48 bits per heavy atom. The van der Waals surface area contributed by atoms with Gasteiger partial charge in [-0.25, -0.2) is 4.79 Å². The van der Waals surface area contributed by atoms with Gasteiger partial charge in [0.05, 0.1) is 35.8 Å². The Labute approximate surface area is 283 Å². The first-order chi connectivity index (χ1) is 23.3. The lowest BCUT2D eigenvalue weighted by Gasteiger charge is -2.36. The minimum absolute atomic E-state index is 0.0472. The van der Waals surface area contributed by atoms with Crippen molar-refractivity contribution in [2.75, 3.05) is 16.8 Å². The molecule has 250 valence electrons. The molecule has 5 rings (SSSR count). The van der Waals surface area contributed by atoms with Crippen LogP contribution in [0.3, 0.4) is 0 Å². The second-order valence-electron chi connectivity index (χ2n) is 11.5. The summed E-state index contributed by atoms with van der Waals surface area (Å²) < 4.78 is 12.8. The van der Waals surface area contributed by atoms with Gasteiger partial charge >= 0.3 is 5.97 Å². The Morgan fingerprint density at radius 3 is 2.21 bits per heavy atom. The average Bonchev–Trinajstić information content (AvgIpc) is 3.11. The summed E-state index contributed by atoms with van der Waals surface area (Å²) in [7, 11) is 0. The average molecular weight is 670 g/mol. The van der Waals surface area contributed by atoms with Crippen LogP contribution in [-0.2, 0) is 32.2 Å². The van der Waals surface area contributed by atoms with Gasteiger partial charge in [0.25, 0.3) is 0 Å². The lowest BCUT2D eigenvalue weighted by atomic mass is 10.0. The predicted octanol–water partition coefficient (Wildman–Crippen LogP) is 6.22. The van der Waals surface area contributed by atoms with Crippen molar-refractivity contribution in [3.63, 3.8) is 0 Å². The summed E-state index contributed by atoms with van der Waals surface area (Å²) in [4.78, 5) is 37.1. The number of benzene rings is 4. The molecule has 11 heteroatoms. The lowest BCUT2D eigenvalue weighted by Crippen LogP contribution is -2.31. The van der Waals surface area contributed by atoms with Crippen LogP contribution in [0.1, 0.15) is 70.7 Å². The zero-order chi connectivity index (χ0) is 33.9. The van der Waals surface area contributed by atoms with E-state index < -0.39 is 12.3 Å². The highest BCUT2D eigenvalue weighted by Gasteiger charge is 2.32. The molecule has 0 spiro atoms. The maximum absolute atomic E-state index is 12.4. The van der Waals surface area contributed by atoms with E-state index in [0.717, 1.165) is 22.3 Å². The first-order valence-corrected chi connectivity index (χ1v) is 16.7. The number of aliphatic hydroxyl groups excluding tert-OH is 1. The van der Waals surface area contributed by atoms with Crippen molar-refractivity contribution in [3.8, 4) is 0 Å². The number of hydrogen-bond donors (Lipinski definition) is 5. The van der Waals surface area contributed by atoms with Crippen molar-refractivity contribution >= 4 is 40.9 Å². The standard InChI is InChI=1S/C37H39N3O7S/c38-30-7-2-3-8-31(30)40-35(43)11-5-10-34(42)39-21-24-12-18-27(19-13-24)37-46-28(23-48-33-9-4-1-6-29(33)36(44)45)20-32(47-37)26-16-14-25(22-41)15-17-26/h1-4,6-9,12-19,28,32,37,41H,5,10-11,20-23,38H2,(H,39,42)(H,40,43)(H,44,45)/t28-,32+,37+/m1/s1. The van der Waals surface area contributed by atoms with Gasteiger partial charge in [0.2, 0.25) is 11.8 Å². The van der Waals surface area contributed by atoms with Gasteiger partial charge in [-0.3, -0.25) is 9.59 Å². The summed E-state index contributed by atoms with van der Waals surface area (Å²) in [6.07, 6.45) is 0.232. The fourth-order valence-corrected chi connectivity index (χ4v) is 6.36. The predicted molar refractivity (Wildman–Crippen MR) is 184 cm³/mol.